The zero-order valence-corrected chi connectivity index (χ0v) is 21.8. The molecule has 0 saturated heterocycles. The van der Waals surface area contributed by atoms with E-state index in [1.54, 1.807) is 0 Å². The van der Waals surface area contributed by atoms with Crippen molar-refractivity contribution in [3.8, 4) is 5.75 Å². The highest BCUT2D eigenvalue weighted by Gasteiger charge is 2.05. The standard InChI is InChI=1S/C31H44OS/c1-3-5-6-7-8-9-10-11-12-13-17-25-32-30-26-27(21-23-28(30)18-4-2)22-24-31(33)29-19-15-14-16-20-29/h14-16,19-24,26H,3-13,17-18,25H2,1-2H3. The van der Waals surface area contributed by atoms with Crippen LogP contribution >= 0.6 is 12.2 Å². The highest BCUT2D eigenvalue weighted by atomic mass is 32.1. The summed E-state index contributed by atoms with van der Waals surface area (Å²) in [6, 6.07) is 16.7. The molecule has 0 saturated carbocycles. The van der Waals surface area contributed by atoms with E-state index < -0.39 is 0 Å². The molecule has 180 valence electrons. The largest absolute Gasteiger partial charge is 0.493 e. The lowest BCUT2D eigenvalue weighted by molar-refractivity contribution is 0.301. The minimum Gasteiger partial charge on any atom is -0.493 e. The van der Waals surface area contributed by atoms with Gasteiger partial charge in [0.15, 0.2) is 0 Å². The second-order valence-corrected chi connectivity index (χ2v) is 9.50. The summed E-state index contributed by atoms with van der Waals surface area (Å²) in [5, 5.41) is 0. The molecule has 0 aliphatic carbocycles. The Morgan fingerprint density at radius 1 is 0.758 bits per heavy atom. The number of benzene rings is 2. The Kier molecular flexibility index (Phi) is 14.5. The van der Waals surface area contributed by atoms with Gasteiger partial charge in [0.05, 0.1) is 6.61 Å². The molecule has 0 spiro atoms. The zero-order valence-electron chi connectivity index (χ0n) is 21.0. The van der Waals surface area contributed by atoms with E-state index in [9.17, 15) is 0 Å². The van der Waals surface area contributed by atoms with Gasteiger partial charge >= 0.3 is 0 Å². The predicted octanol–water partition coefficient (Wildman–Crippen LogP) is 9.76. The monoisotopic (exact) mass is 464 g/mol. The first kappa shape index (κ1) is 27.3. The van der Waals surface area contributed by atoms with Crippen molar-refractivity contribution in [2.24, 2.45) is 0 Å². The van der Waals surface area contributed by atoms with Gasteiger partial charge in [-0.25, -0.2) is 0 Å². The topological polar surface area (TPSA) is 9.23 Å². The molecule has 0 radical (unpaired) electrons. The van der Waals surface area contributed by atoms with Gasteiger partial charge in [-0.1, -0.05) is 145 Å². The van der Waals surface area contributed by atoms with E-state index in [0.717, 1.165) is 47.6 Å². The lowest BCUT2D eigenvalue weighted by atomic mass is 10.0. The minimum atomic E-state index is 0.809. The van der Waals surface area contributed by atoms with Crippen LogP contribution in [0.5, 0.6) is 5.75 Å². The smallest absolute Gasteiger partial charge is 0.123 e. The van der Waals surface area contributed by atoms with Crippen molar-refractivity contribution >= 4 is 23.2 Å². The lowest BCUT2D eigenvalue weighted by Crippen LogP contribution is -2.01. The number of rotatable bonds is 18. The molecule has 0 aliphatic heterocycles. The fraction of sp³-hybridized carbons (Fsp3) is 0.516. The van der Waals surface area contributed by atoms with Crippen LogP contribution < -0.4 is 4.74 Å². The third-order valence-electron chi connectivity index (χ3n) is 6.10. The van der Waals surface area contributed by atoms with E-state index in [4.69, 9.17) is 17.0 Å². The van der Waals surface area contributed by atoms with Gasteiger partial charge in [0.25, 0.3) is 0 Å². The second-order valence-electron chi connectivity index (χ2n) is 9.06. The number of aryl methyl sites for hydroxylation is 1. The Morgan fingerprint density at radius 3 is 2.03 bits per heavy atom. The average molecular weight is 465 g/mol. The molecule has 0 aromatic heterocycles. The maximum absolute atomic E-state index is 6.24. The maximum atomic E-state index is 6.24. The second kappa shape index (κ2) is 17.5. The maximum Gasteiger partial charge on any atom is 0.123 e. The average Bonchev–Trinajstić information content (AvgIpc) is 2.85. The molecule has 2 rings (SSSR count). The fourth-order valence-electron chi connectivity index (χ4n) is 4.10. The van der Waals surface area contributed by atoms with Crippen molar-refractivity contribution in [2.45, 2.75) is 97.3 Å². The van der Waals surface area contributed by atoms with Crippen LogP contribution in [-0.2, 0) is 6.42 Å². The van der Waals surface area contributed by atoms with E-state index in [2.05, 4.69) is 50.3 Å². The van der Waals surface area contributed by atoms with Crippen LogP contribution in [0.3, 0.4) is 0 Å². The van der Waals surface area contributed by atoms with Crippen LogP contribution in [0.1, 0.15) is 108 Å². The molecule has 2 aromatic rings. The fourth-order valence-corrected chi connectivity index (χ4v) is 4.31. The van der Waals surface area contributed by atoms with Crippen molar-refractivity contribution in [3.63, 3.8) is 0 Å². The van der Waals surface area contributed by atoms with Gasteiger partial charge in [-0.2, -0.15) is 0 Å². The van der Waals surface area contributed by atoms with E-state index in [1.165, 1.54) is 69.8 Å². The molecule has 0 aliphatic rings. The first-order valence-electron chi connectivity index (χ1n) is 13.3. The molecule has 0 atom stereocenters. The van der Waals surface area contributed by atoms with Crippen LogP contribution in [0.2, 0.25) is 0 Å². The Morgan fingerprint density at radius 2 is 1.39 bits per heavy atom. The summed E-state index contributed by atoms with van der Waals surface area (Å²) in [6.07, 6.45) is 21.2. The van der Waals surface area contributed by atoms with Crippen molar-refractivity contribution in [1.82, 2.24) is 0 Å². The van der Waals surface area contributed by atoms with Gasteiger partial charge in [-0.05, 0) is 41.7 Å². The first-order valence-corrected chi connectivity index (χ1v) is 13.7. The van der Waals surface area contributed by atoms with Gasteiger partial charge in [0.1, 0.15) is 5.75 Å². The molecule has 2 aromatic carbocycles. The third kappa shape index (κ3) is 11.7. The highest BCUT2D eigenvalue weighted by Crippen LogP contribution is 2.24. The van der Waals surface area contributed by atoms with Gasteiger partial charge in [-0.3, -0.25) is 0 Å². The molecule has 0 bridgehead atoms. The molecular weight excluding hydrogens is 420 g/mol. The van der Waals surface area contributed by atoms with E-state index in [1.807, 2.05) is 24.3 Å². The molecule has 0 heterocycles. The van der Waals surface area contributed by atoms with Crippen molar-refractivity contribution < 1.29 is 4.74 Å². The summed E-state index contributed by atoms with van der Waals surface area (Å²) >= 11 is 5.56. The predicted molar refractivity (Wildman–Crippen MR) is 150 cm³/mol. The molecular formula is C31H44OS. The van der Waals surface area contributed by atoms with Crippen LogP contribution in [0.15, 0.2) is 54.6 Å². The van der Waals surface area contributed by atoms with E-state index >= 15 is 0 Å². The SMILES string of the molecule is CCCCCCCCCCCCCOc1cc(C=CC(=S)c2ccccc2)ccc1CCC. The molecule has 1 nitrogen and oxygen atoms in total. The van der Waals surface area contributed by atoms with Crippen molar-refractivity contribution in [1.29, 1.82) is 0 Å². The van der Waals surface area contributed by atoms with Gasteiger partial charge in [-0.15, -0.1) is 0 Å². The number of thiocarbonyl (C=S) groups is 1. The van der Waals surface area contributed by atoms with E-state index in [-0.39, 0.29) is 0 Å². The summed E-state index contributed by atoms with van der Waals surface area (Å²) in [5.74, 6) is 1.04. The number of hydrogen-bond donors (Lipinski definition) is 0. The minimum absolute atomic E-state index is 0.809. The Hall–Kier alpha value is -1.93. The number of allylic oxidation sites excluding steroid dienone is 1. The summed E-state index contributed by atoms with van der Waals surface area (Å²) in [4.78, 5) is 0.858. The van der Waals surface area contributed by atoms with Crippen LogP contribution in [-0.4, -0.2) is 11.5 Å². The van der Waals surface area contributed by atoms with Crippen LogP contribution in [0.25, 0.3) is 6.08 Å². The normalized spacial score (nSPS) is 11.2. The van der Waals surface area contributed by atoms with Crippen molar-refractivity contribution in [3.05, 3.63) is 71.3 Å². The number of unbranched alkanes of at least 4 members (excludes halogenated alkanes) is 10. The highest BCUT2D eigenvalue weighted by molar-refractivity contribution is 7.81. The third-order valence-corrected chi connectivity index (χ3v) is 6.47. The van der Waals surface area contributed by atoms with Gasteiger partial charge in [0, 0.05) is 4.86 Å². The molecule has 0 fully saturated rings. The molecule has 2 heteroatoms. The Balaban J connectivity index is 1.73. The van der Waals surface area contributed by atoms with Gasteiger partial charge < -0.3 is 4.74 Å². The summed E-state index contributed by atoms with van der Waals surface area (Å²) in [6.45, 7) is 5.31. The van der Waals surface area contributed by atoms with Gasteiger partial charge in [0.2, 0.25) is 0 Å². The molecule has 0 unspecified atom stereocenters. The zero-order chi connectivity index (χ0) is 23.6. The van der Waals surface area contributed by atoms with Crippen LogP contribution in [0, 0.1) is 0 Å². The Bertz CT molecular complexity index is 809. The lowest BCUT2D eigenvalue weighted by Gasteiger charge is -2.12. The molecule has 0 N–H and O–H groups in total. The van der Waals surface area contributed by atoms with Crippen molar-refractivity contribution in [2.75, 3.05) is 6.61 Å². The first-order chi connectivity index (χ1) is 16.2. The summed E-state index contributed by atoms with van der Waals surface area (Å²) < 4.78 is 6.24. The quantitative estimate of drug-likeness (QED) is 0.0939. The van der Waals surface area contributed by atoms with Crippen LogP contribution in [0.4, 0.5) is 0 Å². The summed E-state index contributed by atoms with van der Waals surface area (Å²) in [7, 11) is 0. The molecule has 33 heavy (non-hydrogen) atoms. The van der Waals surface area contributed by atoms with E-state index in [0.29, 0.717) is 0 Å². The number of hydrogen-bond acceptors (Lipinski definition) is 2. The molecule has 0 amide bonds. The Labute approximate surface area is 208 Å². The summed E-state index contributed by atoms with van der Waals surface area (Å²) in [5.41, 5.74) is 3.53. The number of ether oxygens (including phenoxy) is 1.